The highest BCUT2D eigenvalue weighted by Crippen LogP contribution is 2.21. The van der Waals surface area contributed by atoms with Crippen LogP contribution in [-0.2, 0) is 9.59 Å². The molecular formula is C19H24N4O4. The number of hydrogen-bond acceptors (Lipinski definition) is 6. The van der Waals surface area contributed by atoms with E-state index >= 15 is 0 Å². The fourth-order valence-electron chi connectivity index (χ4n) is 3.08. The van der Waals surface area contributed by atoms with Crippen molar-refractivity contribution in [1.29, 1.82) is 0 Å². The van der Waals surface area contributed by atoms with Crippen LogP contribution in [0.4, 0.5) is 11.5 Å². The maximum absolute atomic E-state index is 12.7. The van der Waals surface area contributed by atoms with Crippen molar-refractivity contribution in [1.82, 2.24) is 10.1 Å². The number of methoxy groups -OCH3 is 1. The number of amides is 2. The van der Waals surface area contributed by atoms with E-state index in [2.05, 4.69) is 10.1 Å². The fraction of sp³-hybridized carbons (Fsp3) is 0.421. The van der Waals surface area contributed by atoms with Crippen molar-refractivity contribution in [2.75, 3.05) is 49.6 Å². The summed E-state index contributed by atoms with van der Waals surface area (Å²) in [7, 11) is 1.64. The lowest BCUT2D eigenvalue weighted by Crippen LogP contribution is -2.51. The smallest absolute Gasteiger partial charge is 0.242 e. The molecule has 27 heavy (non-hydrogen) atoms. The van der Waals surface area contributed by atoms with Crippen LogP contribution in [0.15, 0.2) is 34.9 Å². The SMILES string of the molecule is COc1ccc(N2CCN(C(=O)CN(C(C)=O)c3cc(C)on3)CC2)cc1. The zero-order chi connectivity index (χ0) is 19.4. The van der Waals surface area contributed by atoms with Crippen LogP contribution in [0.5, 0.6) is 5.75 Å². The molecule has 0 bridgehead atoms. The van der Waals surface area contributed by atoms with Crippen LogP contribution in [0.1, 0.15) is 12.7 Å². The molecule has 0 saturated carbocycles. The Balaban J connectivity index is 1.58. The van der Waals surface area contributed by atoms with Crippen LogP contribution in [0, 0.1) is 6.92 Å². The first-order valence-corrected chi connectivity index (χ1v) is 8.86. The monoisotopic (exact) mass is 372 g/mol. The topological polar surface area (TPSA) is 79.1 Å². The molecule has 0 aliphatic carbocycles. The van der Waals surface area contributed by atoms with Crippen molar-refractivity contribution in [2.24, 2.45) is 0 Å². The number of carbonyl (C=O) groups excluding carboxylic acids is 2. The summed E-state index contributed by atoms with van der Waals surface area (Å²) in [6.45, 7) is 5.81. The Morgan fingerprint density at radius 2 is 1.85 bits per heavy atom. The Morgan fingerprint density at radius 3 is 2.37 bits per heavy atom. The van der Waals surface area contributed by atoms with E-state index in [1.165, 1.54) is 11.8 Å². The third-order valence-corrected chi connectivity index (χ3v) is 4.64. The van der Waals surface area contributed by atoms with Crippen LogP contribution in [0.2, 0.25) is 0 Å². The number of aromatic nitrogens is 1. The third-order valence-electron chi connectivity index (χ3n) is 4.64. The number of aryl methyl sites for hydroxylation is 1. The molecule has 1 fully saturated rings. The normalized spacial score (nSPS) is 14.2. The average Bonchev–Trinajstić information content (AvgIpc) is 3.11. The van der Waals surface area contributed by atoms with E-state index in [-0.39, 0.29) is 18.4 Å². The molecule has 1 aliphatic heterocycles. The molecule has 2 amide bonds. The van der Waals surface area contributed by atoms with Crippen molar-refractivity contribution in [3.63, 3.8) is 0 Å². The van der Waals surface area contributed by atoms with Crippen LogP contribution in [-0.4, -0.2) is 61.7 Å². The summed E-state index contributed by atoms with van der Waals surface area (Å²) in [5.41, 5.74) is 1.10. The molecule has 8 nitrogen and oxygen atoms in total. The lowest BCUT2D eigenvalue weighted by atomic mass is 10.2. The Hall–Kier alpha value is -3.03. The molecule has 3 rings (SSSR count). The van der Waals surface area contributed by atoms with Gasteiger partial charge in [0.2, 0.25) is 11.8 Å². The van der Waals surface area contributed by atoms with E-state index in [9.17, 15) is 9.59 Å². The second-order valence-electron chi connectivity index (χ2n) is 6.47. The van der Waals surface area contributed by atoms with Crippen molar-refractivity contribution in [3.05, 3.63) is 36.1 Å². The molecule has 8 heteroatoms. The Morgan fingerprint density at radius 1 is 1.19 bits per heavy atom. The molecule has 2 heterocycles. The van der Waals surface area contributed by atoms with Gasteiger partial charge in [-0.1, -0.05) is 5.16 Å². The minimum atomic E-state index is -0.242. The Bertz CT molecular complexity index is 794. The van der Waals surface area contributed by atoms with Gasteiger partial charge in [-0.15, -0.1) is 0 Å². The first-order valence-electron chi connectivity index (χ1n) is 8.86. The predicted octanol–water partition coefficient (Wildman–Crippen LogP) is 1.69. The van der Waals surface area contributed by atoms with E-state index < -0.39 is 0 Å². The standard InChI is InChI=1S/C19H24N4O4/c1-14-12-18(20-27-14)23(15(2)24)13-19(25)22-10-8-21(9-11-22)16-4-6-17(26-3)7-5-16/h4-7,12H,8-11,13H2,1-3H3. The first kappa shape index (κ1) is 18.8. The highest BCUT2D eigenvalue weighted by molar-refractivity contribution is 5.96. The summed E-state index contributed by atoms with van der Waals surface area (Å²) in [5.74, 6) is 1.44. The van der Waals surface area contributed by atoms with Gasteiger partial charge < -0.3 is 19.1 Å². The summed E-state index contributed by atoms with van der Waals surface area (Å²) in [5, 5.41) is 3.84. The van der Waals surface area contributed by atoms with Crippen molar-refractivity contribution in [3.8, 4) is 5.75 Å². The molecule has 144 valence electrons. The van der Waals surface area contributed by atoms with E-state index in [0.29, 0.717) is 24.7 Å². The van der Waals surface area contributed by atoms with Gasteiger partial charge in [0.25, 0.3) is 0 Å². The number of rotatable bonds is 5. The molecule has 2 aromatic rings. The molecule has 0 N–H and O–H groups in total. The average molecular weight is 372 g/mol. The summed E-state index contributed by atoms with van der Waals surface area (Å²) >= 11 is 0. The number of benzene rings is 1. The Kier molecular flexibility index (Phi) is 5.63. The molecule has 0 spiro atoms. The van der Waals surface area contributed by atoms with Gasteiger partial charge in [0.1, 0.15) is 18.1 Å². The van der Waals surface area contributed by atoms with Gasteiger partial charge in [0.05, 0.1) is 7.11 Å². The first-order chi connectivity index (χ1) is 13.0. The molecule has 1 aromatic heterocycles. The van der Waals surface area contributed by atoms with Crippen LogP contribution >= 0.6 is 0 Å². The van der Waals surface area contributed by atoms with Crippen LogP contribution < -0.4 is 14.5 Å². The molecule has 0 atom stereocenters. The van der Waals surface area contributed by atoms with E-state index in [0.717, 1.165) is 24.5 Å². The maximum atomic E-state index is 12.7. The quantitative estimate of drug-likeness (QED) is 0.795. The highest BCUT2D eigenvalue weighted by atomic mass is 16.5. The number of hydrogen-bond donors (Lipinski definition) is 0. The zero-order valence-electron chi connectivity index (χ0n) is 15.8. The molecule has 1 saturated heterocycles. The lowest BCUT2D eigenvalue weighted by molar-refractivity contribution is -0.131. The van der Waals surface area contributed by atoms with Gasteiger partial charge in [-0.25, -0.2) is 0 Å². The second kappa shape index (κ2) is 8.11. The van der Waals surface area contributed by atoms with E-state index in [4.69, 9.17) is 9.26 Å². The molecule has 1 aromatic carbocycles. The maximum Gasteiger partial charge on any atom is 0.242 e. The van der Waals surface area contributed by atoms with E-state index in [1.54, 1.807) is 25.0 Å². The van der Waals surface area contributed by atoms with Crippen molar-refractivity contribution in [2.45, 2.75) is 13.8 Å². The minimum Gasteiger partial charge on any atom is -0.497 e. The third kappa shape index (κ3) is 4.39. The van der Waals surface area contributed by atoms with E-state index in [1.807, 2.05) is 24.3 Å². The zero-order valence-corrected chi connectivity index (χ0v) is 15.8. The molecular weight excluding hydrogens is 348 g/mol. The summed E-state index contributed by atoms with van der Waals surface area (Å²) in [6.07, 6.45) is 0. The number of piperazine rings is 1. The van der Waals surface area contributed by atoms with Crippen molar-refractivity contribution >= 4 is 23.3 Å². The highest BCUT2D eigenvalue weighted by Gasteiger charge is 2.25. The summed E-state index contributed by atoms with van der Waals surface area (Å²) in [6, 6.07) is 9.53. The van der Waals surface area contributed by atoms with Gasteiger partial charge >= 0.3 is 0 Å². The van der Waals surface area contributed by atoms with Crippen LogP contribution in [0.3, 0.4) is 0 Å². The number of anilines is 2. The van der Waals surface area contributed by atoms with Gasteiger partial charge in [-0.05, 0) is 31.2 Å². The largest absolute Gasteiger partial charge is 0.497 e. The van der Waals surface area contributed by atoms with Gasteiger partial charge in [0, 0.05) is 44.9 Å². The van der Waals surface area contributed by atoms with Gasteiger partial charge in [-0.3, -0.25) is 14.5 Å². The number of carbonyl (C=O) groups is 2. The number of nitrogens with zero attached hydrogens (tertiary/aromatic N) is 4. The number of ether oxygens (including phenoxy) is 1. The van der Waals surface area contributed by atoms with Gasteiger partial charge in [0.15, 0.2) is 5.82 Å². The molecule has 0 unspecified atom stereocenters. The summed E-state index contributed by atoms with van der Waals surface area (Å²) < 4.78 is 10.2. The van der Waals surface area contributed by atoms with Gasteiger partial charge in [-0.2, -0.15) is 0 Å². The predicted molar refractivity (Wildman–Crippen MR) is 101 cm³/mol. The van der Waals surface area contributed by atoms with Crippen LogP contribution in [0.25, 0.3) is 0 Å². The minimum absolute atomic E-state index is 0.0379. The Labute approximate surface area is 158 Å². The molecule has 0 radical (unpaired) electrons. The fourth-order valence-corrected chi connectivity index (χ4v) is 3.08. The summed E-state index contributed by atoms with van der Waals surface area (Å²) in [4.78, 5) is 29.9. The van der Waals surface area contributed by atoms with Crippen molar-refractivity contribution < 1.29 is 18.8 Å². The lowest BCUT2D eigenvalue weighted by Gasteiger charge is -2.36. The molecule has 1 aliphatic rings. The second-order valence-corrected chi connectivity index (χ2v) is 6.47.